The fraction of sp³-hybridized carbons (Fsp3) is 0.0833. The summed E-state index contributed by atoms with van der Waals surface area (Å²) in [5.41, 5.74) is 12.8. The molecule has 0 N–H and O–H groups in total. The van der Waals surface area contributed by atoms with Crippen LogP contribution in [0.3, 0.4) is 0 Å². The van der Waals surface area contributed by atoms with Crippen LogP contribution in [-0.4, -0.2) is 11.5 Å². The van der Waals surface area contributed by atoms with Crippen LogP contribution < -0.4 is 0 Å². The molecule has 246 valence electrons. The van der Waals surface area contributed by atoms with Gasteiger partial charge in [-0.3, -0.25) is 4.99 Å². The van der Waals surface area contributed by atoms with Crippen molar-refractivity contribution in [1.82, 2.24) is 0 Å². The summed E-state index contributed by atoms with van der Waals surface area (Å²) < 4.78 is 2.60. The molecule has 0 bridgehead atoms. The predicted molar refractivity (Wildman–Crippen MR) is 220 cm³/mol. The van der Waals surface area contributed by atoms with Crippen LogP contribution in [0, 0.1) is 0 Å². The molecule has 0 amide bonds. The molecular weight excluding hydrogens is 637 g/mol. The number of amidine groups is 1. The molecule has 51 heavy (non-hydrogen) atoms. The van der Waals surface area contributed by atoms with Gasteiger partial charge in [0.2, 0.25) is 0 Å². The highest BCUT2D eigenvalue weighted by atomic mass is 32.1. The molecular formula is C48H38N2S. The zero-order chi connectivity index (χ0) is 34.6. The minimum absolute atomic E-state index is 0.544. The highest BCUT2D eigenvalue weighted by molar-refractivity contribution is 7.25. The largest absolute Gasteiger partial charge is 0.261 e. The van der Waals surface area contributed by atoms with Crippen LogP contribution in [0.2, 0.25) is 0 Å². The number of hydrogen-bond acceptors (Lipinski definition) is 2. The zero-order valence-corrected chi connectivity index (χ0v) is 29.7. The first-order chi connectivity index (χ1) is 25.1. The van der Waals surface area contributed by atoms with E-state index in [1.54, 1.807) is 0 Å². The van der Waals surface area contributed by atoms with Crippen molar-refractivity contribution >= 4 is 43.1 Å². The van der Waals surface area contributed by atoms with Gasteiger partial charge in [0.05, 0.1) is 6.54 Å². The average molecular weight is 675 g/mol. The van der Waals surface area contributed by atoms with E-state index >= 15 is 0 Å². The fourth-order valence-corrected chi connectivity index (χ4v) is 7.94. The number of fused-ring (bicyclic) bond motifs is 3. The maximum absolute atomic E-state index is 5.20. The van der Waals surface area contributed by atoms with Crippen molar-refractivity contribution in [1.29, 1.82) is 0 Å². The topological polar surface area (TPSA) is 24.7 Å². The molecule has 8 rings (SSSR count). The van der Waals surface area contributed by atoms with E-state index in [1.165, 1.54) is 64.7 Å². The van der Waals surface area contributed by atoms with E-state index in [4.69, 9.17) is 9.98 Å². The van der Waals surface area contributed by atoms with Gasteiger partial charge in [-0.25, -0.2) is 4.99 Å². The summed E-state index contributed by atoms with van der Waals surface area (Å²) in [4.78, 5) is 10.4. The van der Waals surface area contributed by atoms with Gasteiger partial charge in [0.15, 0.2) is 5.84 Å². The van der Waals surface area contributed by atoms with Gasteiger partial charge in [0.25, 0.3) is 0 Å². The van der Waals surface area contributed by atoms with Crippen LogP contribution in [0.4, 0.5) is 0 Å². The first-order valence-corrected chi connectivity index (χ1v) is 18.4. The van der Waals surface area contributed by atoms with Gasteiger partial charge in [0, 0.05) is 31.4 Å². The van der Waals surface area contributed by atoms with Crippen LogP contribution in [0.15, 0.2) is 180 Å². The lowest BCUT2D eigenvalue weighted by Gasteiger charge is -2.10. The Hall–Kier alpha value is -5.90. The zero-order valence-electron chi connectivity index (χ0n) is 28.9. The molecule has 0 unspecified atom stereocenters. The van der Waals surface area contributed by atoms with Gasteiger partial charge in [-0.05, 0) is 81.6 Å². The number of aliphatic imine (C=N–C) groups is 2. The number of rotatable bonds is 8. The Labute approximate surface area is 304 Å². The van der Waals surface area contributed by atoms with E-state index in [0.717, 1.165) is 29.1 Å². The number of aryl methyl sites for hydroxylation is 1. The van der Waals surface area contributed by atoms with E-state index in [-0.39, 0.29) is 0 Å². The van der Waals surface area contributed by atoms with Gasteiger partial charge < -0.3 is 0 Å². The van der Waals surface area contributed by atoms with E-state index in [1.807, 2.05) is 17.4 Å². The molecule has 0 spiro atoms. The molecule has 0 atom stereocenters. The van der Waals surface area contributed by atoms with Crippen molar-refractivity contribution in [2.45, 2.75) is 26.8 Å². The number of thiophene rings is 1. The Morgan fingerprint density at radius 3 is 1.96 bits per heavy atom. The monoisotopic (exact) mass is 674 g/mol. The fourth-order valence-electron chi connectivity index (χ4n) is 6.77. The van der Waals surface area contributed by atoms with Gasteiger partial charge in [-0.15, -0.1) is 11.3 Å². The molecule has 0 saturated carbocycles. The number of nitrogens with zero attached hydrogens (tertiary/aromatic N) is 2. The van der Waals surface area contributed by atoms with Crippen molar-refractivity contribution in [3.05, 3.63) is 192 Å². The van der Waals surface area contributed by atoms with Crippen LogP contribution in [0.25, 0.3) is 53.6 Å². The summed E-state index contributed by atoms with van der Waals surface area (Å²) in [5, 5.41) is 2.61. The third kappa shape index (κ3) is 6.94. The molecule has 1 heterocycles. The van der Waals surface area contributed by atoms with Crippen LogP contribution in [0.5, 0.6) is 0 Å². The van der Waals surface area contributed by atoms with Gasteiger partial charge >= 0.3 is 0 Å². The highest BCUT2D eigenvalue weighted by Crippen LogP contribution is 2.34. The van der Waals surface area contributed by atoms with Crippen molar-refractivity contribution < 1.29 is 0 Å². The molecule has 0 aliphatic carbocycles. The number of hydrogen-bond donors (Lipinski definition) is 0. The predicted octanol–water partition coefficient (Wildman–Crippen LogP) is 13.1. The third-order valence-corrected chi connectivity index (χ3v) is 10.7. The third-order valence-electron chi connectivity index (χ3n) is 9.59. The molecule has 0 aliphatic heterocycles. The average Bonchev–Trinajstić information content (AvgIpc) is 3.58. The molecule has 2 nitrogen and oxygen atoms in total. The standard InChI is InChI=1S/C48H38N2S/c1-3-35-12-7-8-17-43(35)39-25-21-37(22-26-39)38-23-27-40(28-24-38)48(50-33(2)41-15-11-16-42(31-41)36-13-5-4-6-14-36)49-32-34-20-29-45-44-18-9-10-19-46(44)51-47(45)30-34/h4-31H,3,32H2,1-2H3/b49-48-,50-33+. The Kier molecular flexibility index (Phi) is 9.20. The first kappa shape index (κ1) is 32.3. The maximum atomic E-state index is 5.20. The molecule has 0 aliphatic rings. The van der Waals surface area contributed by atoms with Crippen LogP contribution in [-0.2, 0) is 13.0 Å². The van der Waals surface area contributed by atoms with Gasteiger partial charge in [-0.2, -0.15) is 0 Å². The number of benzene rings is 7. The quantitative estimate of drug-likeness (QED) is 0.113. The maximum Gasteiger partial charge on any atom is 0.155 e. The van der Waals surface area contributed by atoms with E-state index in [2.05, 4.69) is 178 Å². The van der Waals surface area contributed by atoms with Crippen LogP contribution >= 0.6 is 11.3 Å². The minimum Gasteiger partial charge on any atom is -0.261 e. The Morgan fingerprint density at radius 2 is 1.16 bits per heavy atom. The second kappa shape index (κ2) is 14.5. The summed E-state index contributed by atoms with van der Waals surface area (Å²) in [6.45, 7) is 4.84. The molecule has 0 radical (unpaired) electrons. The molecule has 7 aromatic carbocycles. The van der Waals surface area contributed by atoms with Crippen molar-refractivity contribution in [2.24, 2.45) is 9.98 Å². The van der Waals surface area contributed by atoms with Gasteiger partial charge in [0.1, 0.15) is 0 Å². The Bertz CT molecular complexity index is 2520. The minimum atomic E-state index is 0.544. The van der Waals surface area contributed by atoms with E-state index < -0.39 is 0 Å². The Balaban J connectivity index is 1.12. The normalized spacial score (nSPS) is 12.1. The SMILES string of the molecule is CCc1ccccc1-c1ccc(-c2ccc(C(=N/Cc3ccc4c(c3)sc3ccccc34)/N=C(\C)c3cccc(-c4ccccc4)c3)cc2)cc1. The van der Waals surface area contributed by atoms with Crippen molar-refractivity contribution in [3.8, 4) is 33.4 Å². The van der Waals surface area contributed by atoms with E-state index in [9.17, 15) is 0 Å². The van der Waals surface area contributed by atoms with Crippen molar-refractivity contribution in [2.75, 3.05) is 0 Å². The lowest BCUT2D eigenvalue weighted by Crippen LogP contribution is -2.05. The summed E-state index contributed by atoms with van der Waals surface area (Å²) in [6, 6.07) is 60.7. The smallest absolute Gasteiger partial charge is 0.155 e. The van der Waals surface area contributed by atoms with E-state index in [0.29, 0.717) is 6.54 Å². The molecule has 3 heteroatoms. The lowest BCUT2D eigenvalue weighted by atomic mass is 9.96. The summed E-state index contributed by atoms with van der Waals surface area (Å²) >= 11 is 1.84. The van der Waals surface area contributed by atoms with Crippen molar-refractivity contribution in [3.63, 3.8) is 0 Å². The van der Waals surface area contributed by atoms with Gasteiger partial charge in [-0.1, -0.05) is 159 Å². The molecule has 0 saturated heterocycles. The molecule has 8 aromatic rings. The summed E-state index contributed by atoms with van der Waals surface area (Å²) in [5.74, 6) is 0.729. The summed E-state index contributed by atoms with van der Waals surface area (Å²) in [7, 11) is 0. The molecule has 0 fully saturated rings. The highest BCUT2D eigenvalue weighted by Gasteiger charge is 2.10. The second-order valence-corrected chi connectivity index (χ2v) is 14.0. The molecule has 1 aromatic heterocycles. The van der Waals surface area contributed by atoms with Crippen LogP contribution in [0.1, 0.15) is 36.1 Å². The lowest BCUT2D eigenvalue weighted by molar-refractivity contribution is 1.07. The summed E-state index contributed by atoms with van der Waals surface area (Å²) in [6.07, 6.45) is 1.02. The first-order valence-electron chi connectivity index (χ1n) is 17.6. The Morgan fingerprint density at radius 1 is 0.510 bits per heavy atom. The second-order valence-electron chi connectivity index (χ2n) is 12.9.